The van der Waals surface area contributed by atoms with Crippen LogP contribution in [0.2, 0.25) is 0 Å². The van der Waals surface area contributed by atoms with Crippen LogP contribution in [0.5, 0.6) is 0 Å². The van der Waals surface area contributed by atoms with Gasteiger partial charge in [0.05, 0.1) is 0 Å². The fourth-order valence-corrected chi connectivity index (χ4v) is 5.03. The van der Waals surface area contributed by atoms with Crippen LogP contribution in [0.15, 0.2) is 22.7 Å². The number of hydrogen-bond acceptors (Lipinski definition) is 2. The smallest absolute Gasteiger partial charge is 0.0281 e. The van der Waals surface area contributed by atoms with E-state index in [1.807, 2.05) is 0 Å². The second-order valence-corrected chi connectivity index (χ2v) is 8.52. The predicted molar refractivity (Wildman–Crippen MR) is 92.7 cm³/mol. The summed E-state index contributed by atoms with van der Waals surface area (Å²) in [7, 11) is 0. The zero-order valence-electron chi connectivity index (χ0n) is 12.3. The van der Waals surface area contributed by atoms with Gasteiger partial charge in [0.2, 0.25) is 0 Å². The molecule has 1 atom stereocenters. The molecule has 0 aromatic heterocycles. The first kappa shape index (κ1) is 14.9. The average molecular weight is 354 g/mol. The van der Waals surface area contributed by atoms with E-state index in [0.717, 1.165) is 0 Å². The molecule has 1 aromatic rings. The lowest BCUT2D eigenvalue weighted by atomic mass is 9.88. The fourth-order valence-electron chi connectivity index (χ4n) is 3.70. The van der Waals surface area contributed by atoms with Crippen LogP contribution in [0.1, 0.15) is 43.2 Å². The summed E-state index contributed by atoms with van der Waals surface area (Å²) in [6.07, 6.45) is 11.6. The fraction of sp³-hybridized carbons (Fsp3) is 0.647. The average Bonchev–Trinajstić information content (AvgIpc) is 2.94. The molecule has 110 valence electrons. The molecular weight excluding hydrogens is 330 g/mol. The molecule has 3 rings (SSSR count). The first-order chi connectivity index (χ1) is 9.71. The third-order valence-electron chi connectivity index (χ3n) is 5.06. The van der Waals surface area contributed by atoms with E-state index in [4.69, 9.17) is 0 Å². The lowest BCUT2D eigenvalue weighted by molar-refractivity contribution is 0.422. The summed E-state index contributed by atoms with van der Waals surface area (Å²) in [6, 6.07) is 7.45. The molecule has 2 aliphatic rings. The Bertz CT molecular complexity index is 468. The van der Waals surface area contributed by atoms with Crippen LogP contribution < -0.4 is 5.32 Å². The number of rotatable bonds is 4. The van der Waals surface area contributed by atoms with Crippen molar-refractivity contribution in [2.75, 3.05) is 12.8 Å². The van der Waals surface area contributed by atoms with Crippen LogP contribution in [0.4, 0.5) is 0 Å². The molecule has 1 unspecified atom stereocenters. The van der Waals surface area contributed by atoms with Gasteiger partial charge in [-0.1, -0.05) is 34.8 Å². The number of fused-ring (bicyclic) bond motifs is 1. The third kappa shape index (κ3) is 3.26. The van der Waals surface area contributed by atoms with E-state index in [1.165, 1.54) is 61.5 Å². The number of benzene rings is 1. The Labute approximate surface area is 135 Å². The van der Waals surface area contributed by atoms with Gasteiger partial charge in [0.15, 0.2) is 0 Å². The molecule has 0 saturated heterocycles. The Balaban J connectivity index is 1.59. The molecule has 1 fully saturated rings. The van der Waals surface area contributed by atoms with Crippen LogP contribution in [-0.2, 0) is 12.8 Å². The van der Waals surface area contributed by atoms with Crippen molar-refractivity contribution >= 4 is 27.7 Å². The Morgan fingerprint density at radius 2 is 2.10 bits per heavy atom. The van der Waals surface area contributed by atoms with Crippen molar-refractivity contribution in [3.63, 3.8) is 0 Å². The van der Waals surface area contributed by atoms with E-state index in [9.17, 15) is 0 Å². The van der Waals surface area contributed by atoms with Crippen molar-refractivity contribution in [1.29, 1.82) is 0 Å². The Morgan fingerprint density at radius 1 is 1.30 bits per heavy atom. The first-order valence-electron chi connectivity index (χ1n) is 7.77. The molecule has 1 nitrogen and oxygen atoms in total. The van der Waals surface area contributed by atoms with Gasteiger partial charge in [-0.15, -0.1) is 0 Å². The molecular formula is C17H24BrNS. The van der Waals surface area contributed by atoms with Crippen LogP contribution in [0.3, 0.4) is 0 Å². The molecule has 3 heteroatoms. The predicted octanol–water partition coefficient (Wildman–Crippen LogP) is 4.57. The quantitative estimate of drug-likeness (QED) is 0.850. The molecule has 0 aliphatic heterocycles. The summed E-state index contributed by atoms with van der Waals surface area (Å²) in [4.78, 5) is 0. The molecule has 0 spiro atoms. The van der Waals surface area contributed by atoms with Gasteiger partial charge < -0.3 is 5.32 Å². The zero-order chi connectivity index (χ0) is 14.0. The minimum absolute atomic E-state index is 0.528. The molecule has 0 amide bonds. The van der Waals surface area contributed by atoms with Crippen molar-refractivity contribution < 1.29 is 0 Å². The molecule has 0 bridgehead atoms. The van der Waals surface area contributed by atoms with Gasteiger partial charge in [-0.25, -0.2) is 0 Å². The SMILES string of the molecule is CSC1(CNC2CCc3cc(Br)ccc3C2)CCCC1. The van der Waals surface area contributed by atoms with Crippen LogP contribution in [0.25, 0.3) is 0 Å². The van der Waals surface area contributed by atoms with Gasteiger partial charge >= 0.3 is 0 Å². The molecule has 20 heavy (non-hydrogen) atoms. The van der Waals surface area contributed by atoms with E-state index in [0.29, 0.717) is 10.8 Å². The Kier molecular flexibility index (Phi) is 4.79. The van der Waals surface area contributed by atoms with Crippen LogP contribution in [-0.4, -0.2) is 23.6 Å². The molecule has 2 aliphatic carbocycles. The van der Waals surface area contributed by atoms with Gasteiger partial charge in [-0.3, -0.25) is 0 Å². The summed E-state index contributed by atoms with van der Waals surface area (Å²) in [6.45, 7) is 1.20. The van der Waals surface area contributed by atoms with E-state index in [-0.39, 0.29) is 0 Å². The van der Waals surface area contributed by atoms with Crippen LogP contribution >= 0.6 is 27.7 Å². The van der Waals surface area contributed by atoms with Crippen molar-refractivity contribution in [2.45, 2.75) is 55.7 Å². The first-order valence-corrected chi connectivity index (χ1v) is 9.78. The minimum atomic E-state index is 0.528. The maximum Gasteiger partial charge on any atom is 0.0281 e. The lowest BCUT2D eigenvalue weighted by Crippen LogP contribution is -2.43. The largest absolute Gasteiger partial charge is 0.312 e. The summed E-state index contributed by atoms with van der Waals surface area (Å²) in [5.74, 6) is 0. The summed E-state index contributed by atoms with van der Waals surface area (Å²) < 4.78 is 1.75. The normalized spacial score (nSPS) is 24.6. The maximum absolute atomic E-state index is 3.88. The molecule has 1 N–H and O–H groups in total. The van der Waals surface area contributed by atoms with Gasteiger partial charge in [0.25, 0.3) is 0 Å². The van der Waals surface area contributed by atoms with E-state index in [2.05, 4.69) is 57.5 Å². The highest BCUT2D eigenvalue weighted by molar-refractivity contribution is 9.10. The number of nitrogens with one attached hydrogen (secondary N) is 1. The van der Waals surface area contributed by atoms with Crippen molar-refractivity contribution in [3.8, 4) is 0 Å². The number of halogens is 1. The van der Waals surface area contributed by atoms with Gasteiger partial charge in [-0.05, 0) is 61.6 Å². The lowest BCUT2D eigenvalue weighted by Gasteiger charge is -2.32. The van der Waals surface area contributed by atoms with Gasteiger partial charge in [0.1, 0.15) is 0 Å². The van der Waals surface area contributed by atoms with Gasteiger partial charge in [0, 0.05) is 21.8 Å². The Morgan fingerprint density at radius 3 is 2.85 bits per heavy atom. The standard InChI is InChI=1S/C17H24BrNS/c1-20-17(8-2-3-9-17)12-19-16-7-5-13-10-15(18)6-4-14(13)11-16/h4,6,10,16,19H,2-3,5,7-9,11-12H2,1H3. The van der Waals surface area contributed by atoms with Crippen molar-refractivity contribution in [1.82, 2.24) is 5.32 Å². The highest BCUT2D eigenvalue weighted by Gasteiger charge is 2.33. The highest BCUT2D eigenvalue weighted by Crippen LogP contribution is 2.39. The van der Waals surface area contributed by atoms with E-state index in [1.54, 1.807) is 5.56 Å². The Hall–Kier alpha value is 0.01000. The summed E-state index contributed by atoms with van der Waals surface area (Å²) in [5.41, 5.74) is 3.08. The second-order valence-electron chi connectivity index (χ2n) is 6.33. The maximum atomic E-state index is 3.88. The second kappa shape index (κ2) is 6.41. The molecule has 1 aromatic carbocycles. The summed E-state index contributed by atoms with van der Waals surface area (Å²) in [5, 5.41) is 3.88. The molecule has 1 saturated carbocycles. The van der Waals surface area contributed by atoms with Crippen LogP contribution in [0, 0.1) is 0 Å². The van der Waals surface area contributed by atoms with Gasteiger partial charge in [-0.2, -0.15) is 11.8 Å². The number of thioether (sulfide) groups is 1. The topological polar surface area (TPSA) is 12.0 Å². The zero-order valence-corrected chi connectivity index (χ0v) is 14.7. The summed E-state index contributed by atoms with van der Waals surface area (Å²) >= 11 is 5.67. The molecule has 0 radical (unpaired) electrons. The van der Waals surface area contributed by atoms with Crippen molar-refractivity contribution in [3.05, 3.63) is 33.8 Å². The monoisotopic (exact) mass is 353 g/mol. The number of aryl methyl sites for hydroxylation is 1. The molecule has 0 heterocycles. The third-order valence-corrected chi connectivity index (χ3v) is 6.97. The highest BCUT2D eigenvalue weighted by atomic mass is 79.9. The number of hydrogen-bond donors (Lipinski definition) is 1. The van der Waals surface area contributed by atoms with Crippen molar-refractivity contribution in [2.24, 2.45) is 0 Å². The van der Waals surface area contributed by atoms with E-state index >= 15 is 0 Å². The minimum Gasteiger partial charge on any atom is -0.312 e. The van der Waals surface area contributed by atoms with E-state index < -0.39 is 0 Å².